The minimum Gasteiger partial charge on any atom is -0.393 e. The van der Waals surface area contributed by atoms with Crippen molar-refractivity contribution in [3.63, 3.8) is 0 Å². The average molecular weight is 306 g/mol. The quantitative estimate of drug-likeness (QED) is 0.806. The third-order valence-electron chi connectivity index (χ3n) is 6.05. The lowest BCUT2D eigenvalue weighted by molar-refractivity contribution is -0.143. The molecule has 0 aromatic carbocycles. The number of aliphatic hydroxyl groups excluding tert-OH is 1. The lowest BCUT2D eigenvalue weighted by Crippen LogP contribution is -2.51. The van der Waals surface area contributed by atoms with Crippen molar-refractivity contribution < 1.29 is 14.7 Å². The molecule has 124 valence electrons. The lowest BCUT2D eigenvalue weighted by atomic mass is 9.49. The molecule has 0 heterocycles. The molecular formula is C19H30O3. The second-order valence-corrected chi connectivity index (χ2v) is 7.75. The summed E-state index contributed by atoms with van der Waals surface area (Å²) in [5.41, 5.74) is 0.878. The summed E-state index contributed by atoms with van der Waals surface area (Å²) in [6.45, 7) is 10.0. The standard InChI is InChI=1S/C19H30O3/c1-12-6-9-17(21)13(2)5-8-16-15(12)11-19(16,4)18(22)10-7-14(3)20/h13-16,20H,1,5-11H2,2-4H3. The van der Waals surface area contributed by atoms with Crippen LogP contribution in [0, 0.1) is 23.2 Å². The van der Waals surface area contributed by atoms with Gasteiger partial charge in [-0.15, -0.1) is 0 Å². The van der Waals surface area contributed by atoms with E-state index in [0.29, 0.717) is 36.9 Å². The summed E-state index contributed by atoms with van der Waals surface area (Å²) in [5.74, 6) is 1.45. The summed E-state index contributed by atoms with van der Waals surface area (Å²) in [5, 5.41) is 9.41. The Kier molecular flexibility index (Phi) is 5.26. The second kappa shape index (κ2) is 6.66. The van der Waals surface area contributed by atoms with Crippen LogP contribution >= 0.6 is 0 Å². The number of ketones is 2. The van der Waals surface area contributed by atoms with Gasteiger partial charge in [0, 0.05) is 24.2 Å². The molecule has 3 nitrogen and oxygen atoms in total. The van der Waals surface area contributed by atoms with Gasteiger partial charge in [0.25, 0.3) is 0 Å². The topological polar surface area (TPSA) is 54.4 Å². The molecule has 0 aromatic heterocycles. The Morgan fingerprint density at radius 1 is 1.41 bits per heavy atom. The fourth-order valence-electron chi connectivity index (χ4n) is 4.23. The van der Waals surface area contributed by atoms with Crippen LogP contribution in [0.15, 0.2) is 12.2 Å². The zero-order chi connectivity index (χ0) is 16.5. The van der Waals surface area contributed by atoms with E-state index in [2.05, 4.69) is 13.5 Å². The smallest absolute Gasteiger partial charge is 0.139 e. The zero-order valence-corrected chi connectivity index (χ0v) is 14.2. The van der Waals surface area contributed by atoms with Gasteiger partial charge >= 0.3 is 0 Å². The van der Waals surface area contributed by atoms with Crippen LogP contribution in [0.25, 0.3) is 0 Å². The molecule has 0 radical (unpaired) electrons. The summed E-state index contributed by atoms with van der Waals surface area (Å²) in [6.07, 6.45) is 4.66. The van der Waals surface area contributed by atoms with E-state index in [0.717, 1.165) is 31.3 Å². The molecule has 0 aromatic rings. The minimum atomic E-state index is -0.420. The van der Waals surface area contributed by atoms with Crippen molar-refractivity contribution >= 4 is 11.6 Å². The third kappa shape index (κ3) is 3.34. The van der Waals surface area contributed by atoms with Crippen LogP contribution in [0.1, 0.15) is 65.7 Å². The predicted molar refractivity (Wildman–Crippen MR) is 87.4 cm³/mol. The Morgan fingerprint density at radius 3 is 2.73 bits per heavy atom. The number of carbonyl (C=O) groups excluding carboxylic acids is 2. The van der Waals surface area contributed by atoms with Gasteiger partial charge in [0.2, 0.25) is 0 Å². The van der Waals surface area contributed by atoms with Crippen molar-refractivity contribution in [1.29, 1.82) is 0 Å². The van der Waals surface area contributed by atoms with Gasteiger partial charge in [-0.1, -0.05) is 26.0 Å². The van der Waals surface area contributed by atoms with E-state index < -0.39 is 6.10 Å². The summed E-state index contributed by atoms with van der Waals surface area (Å²) in [4.78, 5) is 24.7. The number of allylic oxidation sites excluding steroid dienone is 1. The summed E-state index contributed by atoms with van der Waals surface area (Å²) < 4.78 is 0. The first kappa shape index (κ1) is 17.4. The molecule has 1 N–H and O–H groups in total. The number of aliphatic hydroxyl groups is 1. The monoisotopic (exact) mass is 306 g/mol. The maximum atomic E-state index is 12.6. The Balaban J connectivity index is 2.09. The second-order valence-electron chi connectivity index (χ2n) is 7.75. The fraction of sp³-hybridized carbons (Fsp3) is 0.789. The number of Topliss-reactive ketones (excluding diaryl/α,β-unsaturated/α-hetero) is 2. The number of carbonyl (C=O) groups is 2. The Hall–Kier alpha value is -0.960. The van der Waals surface area contributed by atoms with Crippen molar-refractivity contribution in [3.05, 3.63) is 12.2 Å². The maximum Gasteiger partial charge on any atom is 0.139 e. The molecule has 3 heteroatoms. The van der Waals surface area contributed by atoms with Gasteiger partial charge in [0.1, 0.15) is 11.6 Å². The van der Waals surface area contributed by atoms with E-state index in [1.165, 1.54) is 0 Å². The highest BCUT2D eigenvalue weighted by Gasteiger charge is 2.54. The summed E-state index contributed by atoms with van der Waals surface area (Å²) >= 11 is 0. The third-order valence-corrected chi connectivity index (χ3v) is 6.05. The van der Waals surface area contributed by atoms with Gasteiger partial charge in [-0.3, -0.25) is 9.59 Å². The fourth-order valence-corrected chi connectivity index (χ4v) is 4.23. The highest BCUT2D eigenvalue weighted by molar-refractivity contribution is 5.86. The van der Waals surface area contributed by atoms with E-state index in [1.807, 2.05) is 6.92 Å². The van der Waals surface area contributed by atoms with Gasteiger partial charge in [-0.05, 0) is 50.9 Å². The molecule has 0 aliphatic heterocycles. The number of hydrogen-bond acceptors (Lipinski definition) is 3. The molecule has 2 rings (SSSR count). The van der Waals surface area contributed by atoms with Crippen molar-refractivity contribution in [1.82, 2.24) is 0 Å². The molecule has 0 saturated heterocycles. The van der Waals surface area contributed by atoms with Crippen molar-refractivity contribution in [2.24, 2.45) is 23.2 Å². The largest absolute Gasteiger partial charge is 0.393 e. The molecule has 5 unspecified atom stereocenters. The minimum absolute atomic E-state index is 0.101. The Morgan fingerprint density at radius 2 is 2.09 bits per heavy atom. The number of hydrogen-bond donors (Lipinski definition) is 1. The molecule has 5 atom stereocenters. The van der Waals surface area contributed by atoms with Crippen LogP contribution in [0.2, 0.25) is 0 Å². The summed E-state index contributed by atoms with van der Waals surface area (Å²) in [6, 6.07) is 0. The lowest BCUT2D eigenvalue weighted by Gasteiger charge is -2.53. The zero-order valence-electron chi connectivity index (χ0n) is 14.2. The molecule has 2 aliphatic rings. The molecule has 2 fully saturated rings. The predicted octanol–water partition coefficient (Wildman–Crippen LogP) is 3.69. The number of rotatable bonds is 4. The van der Waals surface area contributed by atoms with Crippen molar-refractivity contribution in [3.8, 4) is 0 Å². The number of fused-ring (bicyclic) bond motifs is 1. The van der Waals surface area contributed by atoms with Crippen LogP contribution in [0.3, 0.4) is 0 Å². The van der Waals surface area contributed by atoms with Crippen LogP contribution in [0.4, 0.5) is 0 Å². The van der Waals surface area contributed by atoms with Crippen LogP contribution in [0.5, 0.6) is 0 Å². The molecular weight excluding hydrogens is 276 g/mol. The van der Waals surface area contributed by atoms with Gasteiger partial charge < -0.3 is 5.11 Å². The van der Waals surface area contributed by atoms with E-state index in [9.17, 15) is 14.7 Å². The molecule has 2 aliphatic carbocycles. The van der Waals surface area contributed by atoms with Crippen molar-refractivity contribution in [2.45, 2.75) is 71.8 Å². The van der Waals surface area contributed by atoms with Crippen LogP contribution in [-0.4, -0.2) is 22.8 Å². The molecule has 0 bridgehead atoms. The summed E-state index contributed by atoms with van der Waals surface area (Å²) in [7, 11) is 0. The highest BCUT2D eigenvalue weighted by Crippen LogP contribution is 2.58. The Bertz CT molecular complexity index is 465. The average Bonchev–Trinajstić information content (AvgIpc) is 2.49. The van der Waals surface area contributed by atoms with E-state index in [-0.39, 0.29) is 17.1 Å². The maximum absolute atomic E-state index is 12.6. The Labute approximate surface area is 134 Å². The van der Waals surface area contributed by atoms with E-state index in [4.69, 9.17) is 0 Å². The van der Waals surface area contributed by atoms with E-state index >= 15 is 0 Å². The SMILES string of the molecule is C=C1CCC(=O)C(C)CCC2C1CC2(C)C(=O)CCC(C)O. The highest BCUT2D eigenvalue weighted by atomic mass is 16.3. The first-order valence-electron chi connectivity index (χ1n) is 8.67. The molecule has 0 amide bonds. The molecule has 22 heavy (non-hydrogen) atoms. The van der Waals surface area contributed by atoms with Crippen molar-refractivity contribution in [2.75, 3.05) is 0 Å². The normalized spacial score (nSPS) is 37.4. The van der Waals surface area contributed by atoms with Gasteiger partial charge in [0.15, 0.2) is 0 Å². The van der Waals surface area contributed by atoms with Gasteiger partial charge in [-0.25, -0.2) is 0 Å². The first-order chi connectivity index (χ1) is 10.3. The molecule has 2 saturated carbocycles. The van der Waals surface area contributed by atoms with Crippen LogP contribution < -0.4 is 0 Å². The molecule has 0 spiro atoms. The first-order valence-corrected chi connectivity index (χ1v) is 8.67. The van der Waals surface area contributed by atoms with Gasteiger partial charge in [-0.2, -0.15) is 0 Å². The van der Waals surface area contributed by atoms with Gasteiger partial charge in [0.05, 0.1) is 6.10 Å². The van der Waals surface area contributed by atoms with E-state index in [1.54, 1.807) is 6.92 Å². The van der Waals surface area contributed by atoms with Crippen LogP contribution in [-0.2, 0) is 9.59 Å².